The second-order valence-electron chi connectivity index (χ2n) is 5.63. The quantitative estimate of drug-likeness (QED) is 0.735. The lowest BCUT2D eigenvalue weighted by molar-refractivity contribution is 0.102. The highest BCUT2D eigenvalue weighted by molar-refractivity contribution is 6.30. The molecule has 3 aromatic rings. The molecule has 0 saturated heterocycles. The predicted octanol–water partition coefficient (Wildman–Crippen LogP) is 2.19. The molecule has 0 saturated carbocycles. The van der Waals surface area contributed by atoms with Crippen LogP contribution < -0.4 is 16.6 Å². The molecule has 3 rings (SSSR count). The number of halogens is 1. The normalized spacial score (nSPS) is 10.5. The number of aromatic amines is 1. The van der Waals surface area contributed by atoms with E-state index in [9.17, 15) is 14.4 Å². The number of amides is 1. The van der Waals surface area contributed by atoms with Gasteiger partial charge in [-0.3, -0.25) is 19.1 Å². The van der Waals surface area contributed by atoms with Crippen LogP contribution in [-0.4, -0.2) is 20.4 Å². The molecule has 0 spiro atoms. The Morgan fingerprint density at radius 1 is 1.27 bits per heavy atom. The summed E-state index contributed by atoms with van der Waals surface area (Å²) in [4.78, 5) is 43.6. The summed E-state index contributed by atoms with van der Waals surface area (Å²) in [6.07, 6.45) is 2.68. The molecule has 0 unspecified atom stereocenters. The molecule has 0 bridgehead atoms. The van der Waals surface area contributed by atoms with Gasteiger partial charge in [-0.1, -0.05) is 17.7 Å². The van der Waals surface area contributed by atoms with E-state index in [-0.39, 0.29) is 12.1 Å². The maximum atomic E-state index is 12.6. The van der Waals surface area contributed by atoms with E-state index in [0.717, 1.165) is 16.3 Å². The van der Waals surface area contributed by atoms with Crippen LogP contribution in [0.2, 0.25) is 5.02 Å². The number of carbonyl (C=O) groups excluding carboxylic acids is 1. The molecule has 0 aliphatic carbocycles. The van der Waals surface area contributed by atoms with E-state index in [2.05, 4.69) is 15.3 Å². The van der Waals surface area contributed by atoms with Crippen LogP contribution in [0.4, 0.5) is 5.69 Å². The third-order valence-corrected chi connectivity index (χ3v) is 4.02. The van der Waals surface area contributed by atoms with Crippen molar-refractivity contribution in [3.8, 4) is 0 Å². The van der Waals surface area contributed by atoms with Gasteiger partial charge in [0.1, 0.15) is 5.56 Å². The van der Waals surface area contributed by atoms with Gasteiger partial charge in [-0.05, 0) is 42.8 Å². The van der Waals surface area contributed by atoms with Gasteiger partial charge in [0, 0.05) is 23.1 Å². The summed E-state index contributed by atoms with van der Waals surface area (Å²) in [6, 6.07) is 10.2. The van der Waals surface area contributed by atoms with Crippen molar-refractivity contribution >= 4 is 23.2 Å². The first kappa shape index (κ1) is 17.6. The molecular formula is C18H15ClN4O3. The Hall–Kier alpha value is -3.19. The maximum absolute atomic E-state index is 12.6. The fraction of sp³-hybridized carbons (Fsp3) is 0.111. The van der Waals surface area contributed by atoms with E-state index < -0.39 is 17.2 Å². The lowest BCUT2D eigenvalue weighted by Gasteiger charge is -2.10. The third-order valence-electron chi connectivity index (χ3n) is 3.79. The number of carbonyl (C=O) groups is 1. The Labute approximate surface area is 153 Å². The molecule has 0 aliphatic rings. The number of nitrogens with one attached hydrogen (secondary N) is 2. The van der Waals surface area contributed by atoms with E-state index >= 15 is 0 Å². The van der Waals surface area contributed by atoms with Gasteiger partial charge in [0.05, 0.1) is 12.2 Å². The SMILES string of the molecule is Cc1cc(Cl)ccc1NC(=O)c1c[nH]c(=O)n(Cc2ccccn2)c1=O. The Morgan fingerprint density at radius 3 is 2.77 bits per heavy atom. The number of rotatable bonds is 4. The fourth-order valence-electron chi connectivity index (χ4n) is 2.43. The van der Waals surface area contributed by atoms with Crippen LogP contribution in [0.15, 0.2) is 58.4 Å². The number of hydrogen-bond donors (Lipinski definition) is 2. The van der Waals surface area contributed by atoms with Gasteiger partial charge in [0.25, 0.3) is 11.5 Å². The minimum atomic E-state index is -0.691. The van der Waals surface area contributed by atoms with Gasteiger partial charge in [0.15, 0.2) is 0 Å². The molecule has 0 radical (unpaired) electrons. The Kier molecular flexibility index (Phi) is 4.99. The van der Waals surface area contributed by atoms with Crippen molar-refractivity contribution in [3.05, 3.63) is 91.5 Å². The molecular weight excluding hydrogens is 356 g/mol. The van der Waals surface area contributed by atoms with Crippen LogP contribution in [0.5, 0.6) is 0 Å². The second kappa shape index (κ2) is 7.37. The maximum Gasteiger partial charge on any atom is 0.328 e. The number of anilines is 1. The van der Waals surface area contributed by atoms with E-state index in [0.29, 0.717) is 16.4 Å². The van der Waals surface area contributed by atoms with Crippen LogP contribution in [0.25, 0.3) is 0 Å². The average Bonchev–Trinajstić information content (AvgIpc) is 2.62. The van der Waals surface area contributed by atoms with Crippen molar-refractivity contribution in [1.29, 1.82) is 0 Å². The molecule has 26 heavy (non-hydrogen) atoms. The number of aromatic nitrogens is 3. The molecule has 2 aromatic heterocycles. The zero-order valence-electron chi connectivity index (χ0n) is 13.8. The summed E-state index contributed by atoms with van der Waals surface area (Å²) >= 11 is 5.90. The highest BCUT2D eigenvalue weighted by Crippen LogP contribution is 2.19. The summed E-state index contributed by atoms with van der Waals surface area (Å²) in [7, 11) is 0. The Morgan fingerprint density at radius 2 is 2.08 bits per heavy atom. The molecule has 132 valence electrons. The average molecular weight is 371 g/mol. The number of H-pyrrole nitrogens is 1. The van der Waals surface area contributed by atoms with Crippen molar-refractivity contribution in [3.63, 3.8) is 0 Å². The van der Waals surface area contributed by atoms with Crippen LogP contribution in [0.1, 0.15) is 21.6 Å². The molecule has 0 atom stereocenters. The summed E-state index contributed by atoms with van der Waals surface area (Å²) in [6.45, 7) is 1.75. The first-order valence-corrected chi connectivity index (χ1v) is 8.13. The van der Waals surface area contributed by atoms with Gasteiger partial charge in [-0.2, -0.15) is 0 Å². The zero-order valence-corrected chi connectivity index (χ0v) is 14.6. The molecule has 0 fully saturated rings. The van der Waals surface area contributed by atoms with Gasteiger partial charge in [-0.15, -0.1) is 0 Å². The fourth-order valence-corrected chi connectivity index (χ4v) is 2.65. The number of benzene rings is 1. The predicted molar refractivity (Wildman–Crippen MR) is 98.8 cm³/mol. The summed E-state index contributed by atoms with van der Waals surface area (Å²) in [5, 5.41) is 3.20. The largest absolute Gasteiger partial charge is 0.328 e. The molecule has 2 heterocycles. The van der Waals surface area contributed by atoms with Crippen LogP contribution in [0, 0.1) is 6.92 Å². The molecule has 1 amide bonds. The van der Waals surface area contributed by atoms with Crippen molar-refractivity contribution in [1.82, 2.24) is 14.5 Å². The van der Waals surface area contributed by atoms with Gasteiger partial charge < -0.3 is 10.3 Å². The van der Waals surface area contributed by atoms with Gasteiger partial charge >= 0.3 is 5.69 Å². The van der Waals surface area contributed by atoms with Crippen molar-refractivity contribution < 1.29 is 4.79 Å². The van der Waals surface area contributed by atoms with Crippen LogP contribution >= 0.6 is 11.6 Å². The number of aryl methyl sites for hydroxylation is 1. The molecule has 0 aliphatic heterocycles. The van der Waals surface area contributed by atoms with Crippen LogP contribution in [0.3, 0.4) is 0 Å². The first-order valence-electron chi connectivity index (χ1n) is 7.75. The molecule has 2 N–H and O–H groups in total. The second-order valence-corrected chi connectivity index (χ2v) is 6.07. The van der Waals surface area contributed by atoms with E-state index in [1.807, 2.05) is 0 Å². The van der Waals surface area contributed by atoms with Gasteiger partial charge in [-0.25, -0.2) is 4.79 Å². The smallest absolute Gasteiger partial charge is 0.322 e. The first-order chi connectivity index (χ1) is 12.5. The monoisotopic (exact) mass is 370 g/mol. The van der Waals surface area contributed by atoms with Crippen molar-refractivity contribution in [2.75, 3.05) is 5.32 Å². The minimum absolute atomic E-state index is 0.0316. The number of nitrogens with zero attached hydrogens (tertiary/aromatic N) is 2. The Balaban J connectivity index is 1.93. The summed E-state index contributed by atoms with van der Waals surface area (Å²) in [5.41, 5.74) is 0.342. The standard InChI is InChI=1S/C18H15ClN4O3/c1-11-8-12(19)5-6-15(11)22-16(24)14-9-21-18(26)23(17(14)25)10-13-4-2-3-7-20-13/h2-9H,10H2,1H3,(H,21,26)(H,22,24). The molecule has 8 heteroatoms. The van der Waals surface area contributed by atoms with E-state index in [1.165, 1.54) is 0 Å². The summed E-state index contributed by atoms with van der Waals surface area (Å²) < 4.78 is 0.936. The lowest BCUT2D eigenvalue weighted by Crippen LogP contribution is -2.39. The van der Waals surface area contributed by atoms with Crippen molar-refractivity contribution in [2.45, 2.75) is 13.5 Å². The number of pyridine rings is 1. The lowest BCUT2D eigenvalue weighted by atomic mass is 10.2. The molecule has 1 aromatic carbocycles. The molecule has 7 nitrogen and oxygen atoms in total. The Bertz CT molecular complexity index is 1070. The number of hydrogen-bond acceptors (Lipinski definition) is 4. The zero-order chi connectivity index (χ0) is 18.7. The third kappa shape index (κ3) is 3.73. The van der Waals surface area contributed by atoms with E-state index in [4.69, 9.17) is 11.6 Å². The highest BCUT2D eigenvalue weighted by atomic mass is 35.5. The highest BCUT2D eigenvalue weighted by Gasteiger charge is 2.16. The van der Waals surface area contributed by atoms with E-state index in [1.54, 1.807) is 49.5 Å². The van der Waals surface area contributed by atoms with Crippen molar-refractivity contribution in [2.24, 2.45) is 0 Å². The van der Waals surface area contributed by atoms with Crippen LogP contribution in [-0.2, 0) is 6.54 Å². The topological polar surface area (TPSA) is 96.8 Å². The van der Waals surface area contributed by atoms with Gasteiger partial charge in [0.2, 0.25) is 0 Å². The minimum Gasteiger partial charge on any atom is -0.322 e. The summed E-state index contributed by atoms with van der Waals surface area (Å²) in [5.74, 6) is -0.619.